The van der Waals surface area contributed by atoms with Gasteiger partial charge in [0.2, 0.25) is 0 Å². The Kier molecular flexibility index (Phi) is 3.77. The summed E-state index contributed by atoms with van der Waals surface area (Å²) in [5.41, 5.74) is 1.02. The van der Waals surface area contributed by atoms with Crippen molar-refractivity contribution in [2.24, 2.45) is 11.8 Å². The van der Waals surface area contributed by atoms with E-state index < -0.39 is 29.9 Å². The quantitative estimate of drug-likeness (QED) is 0.606. The van der Waals surface area contributed by atoms with E-state index in [1.54, 1.807) is 13.8 Å². The van der Waals surface area contributed by atoms with Crippen LogP contribution in [-0.4, -0.2) is 18.0 Å². The van der Waals surface area contributed by atoms with E-state index in [-0.39, 0.29) is 0 Å². The Labute approximate surface area is 106 Å². The van der Waals surface area contributed by atoms with E-state index in [1.165, 1.54) is 0 Å². The first-order chi connectivity index (χ1) is 8.59. The average molecular weight is 248 g/mol. The van der Waals surface area contributed by atoms with Crippen molar-refractivity contribution >= 4 is 11.9 Å². The normalized spacial score (nSPS) is 28.0. The fraction of sp³-hybridized carbons (Fsp3) is 0.429. The molecule has 1 aliphatic heterocycles. The van der Waals surface area contributed by atoms with Crippen LogP contribution in [0.15, 0.2) is 30.3 Å². The first-order valence-electron chi connectivity index (χ1n) is 6.00. The van der Waals surface area contributed by atoms with Crippen molar-refractivity contribution < 1.29 is 19.1 Å². The lowest BCUT2D eigenvalue weighted by atomic mass is 9.91. The minimum absolute atomic E-state index is 0.390. The summed E-state index contributed by atoms with van der Waals surface area (Å²) in [4.78, 5) is 22.9. The summed E-state index contributed by atoms with van der Waals surface area (Å²) in [5.74, 6) is -1.84. The molecule has 4 heteroatoms. The van der Waals surface area contributed by atoms with Crippen molar-refractivity contribution in [3.8, 4) is 0 Å². The van der Waals surface area contributed by atoms with Gasteiger partial charge in [0.1, 0.15) is 0 Å². The molecule has 1 saturated heterocycles. The Balaban J connectivity index is 2.02. The lowest BCUT2D eigenvalue weighted by Crippen LogP contribution is -2.45. The molecule has 3 atom stereocenters. The average Bonchev–Trinajstić information content (AvgIpc) is 2.38. The molecule has 1 fully saturated rings. The van der Waals surface area contributed by atoms with Crippen molar-refractivity contribution in [3.05, 3.63) is 35.9 Å². The molecule has 0 aliphatic carbocycles. The maximum atomic E-state index is 11.4. The second-order valence-corrected chi connectivity index (χ2v) is 4.58. The van der Waals surface area contributed by atoms with E-state index in [9.17, 15) is 9.59 Å². The van der Waals surface area contributed by atoms with Crippen LogP contribution < -0.4 is 0 Å². The second kappa shape index (κ2) is 5.31. The fourth-order valence-electron chi connectivity index (χ4n) is 2.04. The van der Waals surface area contributed by atoms with Gasteiger partial charge in [0, 0.05) is 0 Å². The maximum absolute atomic E-state index is 11.4. The number of hydrogen-bond acceptors (Lipinski definition) is 4. The first kappa shape index (κ1) is 12.8. The van der Waals surface area contributed by atoms with Gasteiger partial charge in [-0.1, -0.05) is 30.3 Å². The topological polar surface area (TPSA) is 52.6 Å². The molecule has 0 spiro atoms. The molecule has 0 N–H and O–H groups in total. The van der Waals surface area contributed by atoms with Crippen LogP contribution in [0.3, 0.4) is 0 Å². The van der Waals surface area contributed by atoms with Gasteiger partial charge in [0.15, 0.2) is 0 Å². The lowest BCUT2D eigenvalue weighted by molar-refractivity contribution is -0.183. The highest BCUT2D eigenvalue weighted by Crippen LogP contribution is 2.26. The number of benzene rings is 1. The summed E-state index contributed by atoms with van der Waals surface area (Å²) in [7, 11) is 0. The summed E-state index contributed by atoms with van der Waals surface area (Å²) < 4.78 is 10.3. The molecule has 0 bridgehead atoms. The summed E-state index contributed by atoms with van der Waals surface area (Å²) in [6.45, 7) is 3.84. The molecule has 1 unspecified atom stereocenters. The van der Waals surface area contributed by atoms with Gasteiger partial charge in [-0.25, -0.2) is 0 Å². The molecular formula is C14H16O4. The smallest absolute Gasteiger partial charge is 0.318 e. The Morgan fingerprint density at radius 2 is 1.61 bits per heavy atom. The molecule has 18 heavy (non-hydrogen) atoms. The fourth-order valence-corrected chi connectivity index (χ4v) is 2.04. The zero-order valence-corrected chi connectivity index (χ0v) is 10.5. The van der Waals surface area contributed by atoms with Crippen LogP contribution >= 0.6 is 0 Å². The standard InChI is InChI=1S/C14H16O4/c1-9-12(10(2)14(16)18-13(9)15)17-8-11-6-4-3-5-7-11/h3-7,9-10,12H,8H2,1-2H3/t9-,10+,12?. The van der Waals surface area contributed by atoms with Crippen molar-refractivity contribution in [3.63, 3.8) is 0 Å². The van der Waals surface area contributed by atoms with E-state index in [2.05, 4.69) is 4.74 Å². The largest absolute Gasteiger partial charge is 0.393 e. The molecular weight excluding hydrogens is 232 g/mol. The Bertz CT molecular complexity index is 420. The molecule has 1 aromatic rings. The Morgan fingerprint density at radius 1 is 1.06 bits per heavy atom. The summed E-state index contributed by atoms with van der Waals surface area (Å²) in [6.07, 6.45) is -0.418. The minimum Gasteiger partial charge on any atom is -0.393 e. The number of rotatable bonds is 3. The molecule has 0 amide bonds. The molecule has 2 rings (SSSR count). The zero-order valence-electron chi connectivity index (χ0n) is 10.5. The molecule has 0 radical (unpaired) electrons. The van der Waals surface area contributed by atoms with Crippen molar-refractivity contribution in [2.75, 3.05) is 0 Å². The minimum atomic E-state index is -0.504. The van der Waals surface area contributed by atoms with Crippen molar-refractivity contribution in [1.82, 2.24) is 0 Å². The predicted octanol–water partition coefficient (Wildman–Crippen LogP) is 1.93. The van der Waals surface area contributed by atoms with Crippen molar-refractivity contribution in [2.45, 2.75) is 26.6 Å². The molecule has 0 aromatic heterocycles. The lowest BCUT2D eigenvalue weighted by Gasteiger charge is -2.31. The van der Waals surface area contributed by atoms with Gasteiger partial charge >= 0.3 is 11.9 Å². The highest BCUT2D eigenvalue weighted by molar-refractivity contribution is 5.91. The van der Waals surface area contributed by atoms with Gasteiger partial charge in [-0.3, -0.25) is 9.59 Å². The summed E-state index contributed by atoms with van der Waals surface area (Å²) in [6, 6.07) is 9.66. The molecule has 96 valence electrons. The highest BCUT2D eigenvalue weighted by atomic mass is 16.6. The van der Waals surface area contributed by atoms with Gasteiger partial charge in [-0.15, -0.1) is 0 Å². The number of ether oxygens (including phenoxy) is 2. The van der Waals surface area contributed by atoms with E-state index in [4.69, 9.17) is 4.74 Å². The number of cyclic esters (lactones) is 2. The van der Waals surface area contributed by atoms with E-state index in [0.717, 1.165) is 5.56 Å². The monoisotopic (exact) mass is 248 g/mol. The molecule has 1 heterocycles. The van der Waals surface area contributed by atoms with Gasteiger partial charge in [-0.2, -0.15) is 0 Å². The van der Waals surface area contributed by atoms with Gasteiger partial charge < -0.3 is 9.47 Å². The van der Waals surface area contributed by atoms with Crippen LogP contribution in [0.5, 0.6) is 0 Å². The molecule has 1 aliphatic rings. The number of carbonyl (C=O) groups excluding carboxylic acids is 2. The van der Waals surface area contributed by atoms with Crippen molar-refractivity contribution in [1.29, 1.82) is 0 Å². The SMILES string of the molecule is C[C@@H]1C(=O)OC(=O)[C@H](C)C1OCc1ccccc1. The van der Waals surface area contributed by atoms with Crippen LogP contribution in [0, 0.1) is 11.8 Å². The highest BCUT2D eigenvalue weighted by Gasteiger charge is 2.41. The Hall–Kier alpha value is -1.68. The maximum Gasteiger partial charge on any atom is 0.318 e. The van der Waals surface area contributed by atoms with Crippen LogP contribution in [0.25, 0.3) is 0 Å². The van der Waals surface area contributed by atoms with Gasteiger partial charge in [0.25, 0.3) is 0 Å². The summed E-state index contributed by atoms with van der Waals surface area (Å²) >= 11 is 0. The third kappa shape index (κ3) is 2.59. The zero-order chi connectivity index (χ0) is 13.1. The third-order valence-corrected chi connectivity index (χ3v) is 3.22. The predicted molar refractivity (Wildman–Crippen MR) is 64.4 cm³/mol. The van der Waals surface area contributed by atoms with Crippen LogP contribution in [0.1, 0.15) is 19.4 Å². The van der Waals surface area contributed by atoms with Crippen LogP contribution in [0.4, 0.5) is 0 Å². The summed E-state index contributed by atoms with van der Waals surface area (Å²) in [5, 5.41) is 0. The van der Waals surface area contributed by atoms with E-state index >= 15 is 0 Å². The molecule has 1 aromatic carbocycles. The van der Waals surface area contributed by atoms with Gasteiger partial charge in [-0.05, 0) is 19.4 Å². The molecule has 4 nitrogen and oxygen atoms in total. The van der Waals surface area contributed by atoms with Crippen LogP contribution in [-0.2, 0) is 25.7 Å². The number of esters is 2. The van der Waals surface area contributed by atoms with E-state index in [0.29, 0.717) is 6.61 Å². The number of hydrogen-bond donors (Lipinski definition) is 0. The molecule has 0 saturated carbocycles. The van der Waals surface area contributed by atoms with Gasteiger partial charge in [0.05, 0.1) is 24.5 Å². The number of carbonyl (C=O) groups is 2. The van der Waals surface area contributed by atoms with Crippen LogP contribution in [0.2, 0.25) is 0 Å². The Morgan fingerprint density at radius 3 is 2.17 bits per heavy atom. The second-order valence-electron chi connectivity index (χ2n) is 4.58. The van der Waals surface area contributed by atoms with E-state index in [1.807, 2.05) is 30.3 Å². The third-order valence-electron chi connectivity index (χ3n) is 3.22. The first-order valence-corrected chi connectivity index (χ1v) is 6.00.